The Morgan fingerprint density at radius 1 is 0.525 bits per heavy atom. The van der Waals surface area contributed by atoms with Crippen molar-refractivity contribution < 1.29 is 0 Å². The van der Waals surface area contributed by atoms with Crippen LogP contribution >= 0.6 is 0 Å². The van der Waals surface area contributed by atoms with Crippen LogP contribution in [-0.4, -0.2) is 0 Å². The van der Waals surface area contributed by atoms with Gasteiger partial charge in [0.2, 0.25) is 0 Å². The molecule has 1 saturated carbocycles. The molecular weight excluding hydrogens is 735 g/mol. The topological polar surface area (TPSA) is 3.24 Å². The molecule has 0 N–H and O–H groups in total. The zero-order valence-corrected chi connectivity index (χ0v) is 35.8. The van der Waals surface area contributed by atoms with Crippen LogP contribution in [0.2, 0.25) is 0 Å². The lowest BCUT2D eigenvalue weighted by Gasteiger charge is -2.30. The highest BCUT2D eigenvalue weighted by molar-refractivity contribution is 5.87. The fourth-order valence-corrected chi connectivity index (χ4v) is 10.2. The molecule has 1 nitrogen and oxygen atoms in total. The van der Waals surface area contributed by atoms with E-state index in [2.05, 4.69) is 225 Å². The van der Waals surface area contributed by atoms with Crippen LogP contribution in [0.4, 0.5) is 17.1 Å². The number of anilines is 3. The van der Waals surface area contributed by atoms with Crippen molar-refractivity contribution in [3.05, 3.63) is 233 Å². The van der Waals surface area contributed by atoms with Crippen LogP contribution in [0.15, 0.2) is 212 Å². The molecule has 0 aliphatic heterocycles. The molecule has 0 radical (unpaired) electrons. The van der Waals surface area contributed by atoms with Gasteiger partial charge in [0.25, 0.3) is 0 Å². The number of hydrogen-bond donors (Lipinski definition) is 0. The molecule has 0 bridgehead atoms. The first-order chi connectivity index (χ1) is 30.1. The maximum atomic E-state index is 3.91. The summed E-state index contributed by atoms with van der Waals surface area (Å²) in [4.78, 5) is 2.44. The smallest absolute Gasteiger partial charge is 0.0465 e. The molecule has 7 aromatic rings. The van der Waals surface area contributed by atoms with Crippen LogP contribution in [0, 0.1) is 11.8 Å². The van der Waals surface area contributed by atoms with Gasteiger partial charge < -0.3 is 4.90 Å². The highest BCUT2D eigenvalue weighted by atomic mass is 15.1. The normalized spacial score (nSPS) is 19.5. The number of benzene rings is 7. The van der Waals surface area contributed by atoms with Gasteiger partial charge in [-0.1, -0.05) is 190 Å². The number of allylic oxidation sites excluding steroid dienone is 5. The van der Waals surface area contributed by atoms with Crippen LogP contribution < -0.4 is 15.3 Å². The van der Waals surface area contributed by atoms with E-state index in [1.54, 1.807) is 0 Å². The summed E-state index contributed by atoms with van der Waals surface area (Å²) in [6.07, 6.45) is 16.2. The summed E-state index contributed by atoms with van der Waals surface area (Å²) in [7, 11) is 0. The summed E-state index contributed by atoms with van der Waals surface area (Å²) in [6, 6.07) is 64.8. The third-order valence-electron chi connectivity index (χ3n) is 13.1. The first-order valence-electron chi connectivity index (χ1n) is 22.2. The van der Waals surface area contributed by atoms with Gasteiger partial charge in [-0.3, -0.25) is 0 Å². The molecule has 4 aliphatic carbocycles. The predicted octanol–water partition coefficient (Wildman–Crippen LogP) is 14.9. The summed E-state index contributed by atoms with van der Waals surface area (Å²) < 4.78 is 0. The molecule has 11 rings (SSSR count). The molecule has 2 unspecified atom stereocenters. The van der Waals surface area contributed by atoms with Gasteiger partial charge >= 0.3 is 0 Å². The third kappa shape index (κ3) is 7.66. The van der Waals surface area contributed by atoms with Gasteiger partial charge in [0.05, 0.1) is 0 Å². The lowest BCUT2D eigenvalue weighted by molar-refractivity contribution is 0.534. The molecule has 0 aromatic heterocycles. The van der Waals surface area contributed by atoms with E-state index in [1.807, 2.05) is 13.8 Å². The average molecular weight is 790 g/mol. The van der Waals surface area contributed by atoms with E-state index in [0.717, 1.165) is 24.2 Å². The number of rotatable bonds is 5. The SMILES string of the molecule is C1=c2ccccc2=CC2CC3(CC12)c1ccccc1-c1ccc(N(c2ccc(-c4ccccc4)cc2)c2ccc(-c4ccccc4)cc2)cc13.C=C1C=CCC/C1=C/C.CC. The molecule has 61 heavy (non-hydrogen) atoms. The van der Waals surface area contributed by atoms with Gasteiger partial charge in [0, 0.05) is 22.5 Å². The summed E-state index contributed by atoms with van der Waals surface area (Å²) in [6.45, 7) is 9.98. The lowest BCUT2D eigenvalue weighted by atomic mass is 9.75. The Morgan fingerprint density at radius 3 is 1.52 bits per heavy atom. The Labute approximate surface area is 363 Å². The van der Waals surface area contributed by atoms with Gasteiger partial charge in [-0.05, 0) is 147 Å². The average Bonchev–Trinajstić information content (AvgIpc) is 3.84. The van der Waals surface area contributed by atoms with Gasteiger partial charge in [-0.2, -0.15) is 0 Å². The van der Waals surface area contributed by atoms with Crippen LogP contribution in [0.1, 0.15) is 57.6 Å². The second-order valence-electron chi connectivity index (χ2n) is 16.5. The minimum absolute atomic E-state index is 0.0215. The summed E-state index contributed by atoms with van der Waals surface area (Å²) in [5.74, 6) is 1.06. The van der Waals surface area contributed by atoms with Crippen LogP contribution in [0.5, 0.6) is 0 Å². The molecule has 1 fully saturated rings. The quantitative estimate of drug-likeness (QED) is 0.168. The third-order valence-corrected chi connectivity index (χ3v) is 13.1. The maximum Gasteiger partial charge on any atom is 0.0465 e. The molecular formula is C60H55N. The first kappa shape index (κ1) is 39.7. The van der Waals surface area contributed by atoms with E-state index in [0.29, 0.717) is 11.8 Å². The van der Waals surface area contributed by atoms with E-state index in [9.17, 15) is 0 Å². The predicted molar refractivity (Wildman–Crippen MR) is 262 cm³/mol. The molecule has 2 atom stereocenters. The molecule has 1 spiro atoms. The fraction of sp³-hybridized carbons (Fsp3) is 0.167. The van der Waals surface area contributed by atoms with Gasteiger partial charge in [0.15, 0.2) is 0 Å². The largest absolute Gasteiger partial charge is 0.310 e. The van der Waals surface area contributed by atoms with Crippen molar-refractivity contribution >= 4 is 29.2 Å². The van der Waals surface area contributed by atoms with Crippen molar-refractivity contribution in [1.82, 2.24) is 0 Å². The molecule has 1 heteroatoms. The van der Waals surface area contributed by atoms with Crippen molar-refractivity contribution in [2.75, 3.05) is 4.90 Å². The monoisotopic (exact) mass is 789 g/mol. The standard InChI is InChI=1S/C49H37N.C9H12.C2H6/c1-3-11-34(12-4-1)36-19-23-42(24-20-36)50(43-25-21-37(22-26-43)35-13-5-2-6-14-35)44-27-28-46-45-17-9-10-18-47(45)49(48(46)31-44)32-40-29-38-15-7-8-16-39(38)30-41(40)33-49;1-3-9-7-5-4-6-8(9)2;1-2/h1-31,40-41H,32-33H2;3-4,6H,2,5,7H2,1H3;1-2H3/b;9-3-;. The molecule has 7 aromatic carbocycles. The number of hydrogen-bond acceptors (Lipinski definition) is 1. The Hall–Kier alpha value is -6.70. The second-order valence-corrected chi connectivity index (χ2v) is 16.5. The molecule has 300 valence electrons. The van der Waals surface area contributed by atoms with Crippen molar-refractivity contribution in [2.24, 2.45) is 11.8 Å². The van der Waals surface area contributed by atoms with Crippen molar-refractivity contribution in [3.63, 3.8) is 0 Å². The zero-order valence-electron chi connectivity index (χ0n) is 35.8. The molecule has 4 aliphatic rings. The van der Waals surface area contributed by atoms with E-state index in [-0.39, 0.29) is 5.41 Å². The van der Waals surface area contributed by atoms with Crippen molar-refractivity contribution in [1.29, 1.82) is 0 Å². The maximum absolute atomic E-state index is 3.91. The van der Waals surface area contributed by atoms with Crippen molar-refractivity contribution in [3.8, 4) is 33.4 Å². The Kier molecular flexibility index (Phi) is 11.4. The van der Waals surface area contributed by atoms with Crippen molar-refractivity contribution in [2.45, 2.75) is 51.9 Å². The lowest BCUT2D eigenvalue weighted by Crippen LogP contribution is -2.30. The highest BCUT2D eigenvalue weighted by Gasteiger charge is 2.51. The second kappa shape index (κ2) is 17.5. The van der Waals surface area contributed by atoms with Gasteiger partial charge in [-0.25, -0.2) is 0 Å². The molecule has 0 saturated heterocycles. The fourth-order valence-electron chi connectivity index (χ4n) is 10.2. The molecule has 0 heterocycles. The van der Waals surface area contributed by atoms with Crippen LogP contribution in [0.3, 0.4) is 0 Å². The summed E-state index contributed by atoms with van der Waals surface area (Å²) in [5, 5.41) is 2.77. The highest BCUT2D eigenvalue weighted by Crippen LogP contribution is 2.61. The number of nitrogens with zero attached hydrogens (tertiary/aromatic N) is 1. The first-order valence-corrected chi connectivity index (χ1v) is 22.2. The number of fused-ring (bicyclic) bond motifs is 7. The van der Waals surface area contributed by atoms with Gasteiger partial charge in [-0.15, -0.1) is 0 Å². The Bertz CT molecular complexity index is 2720. The van der Waals surface area contributed by atoms with E-state index >= 15 is 0 Å². The van der Waals surface area contributed by atoms with E-state index < -0.39 is 0 Å². The summed E-state index contributed by atoms with van der Waals surface area (Å²) >= 11 is 0. The minimum atomic E-state index is -0.0215. The summed E-state index contributed by atoms with van der Waals surface area (Å²) in [5.41, 5.74) is 16.7. The van der Waals surface area contributed by atoms with Crippen LogP contribution in [0.25, 0.3) is 45.5 Å². The van der Waals surface area contributed by atoms with Crippen LogP contribution in [-0.2, 0) is 5.41 Å². The van der Waals surface area contributed by atoms with Gasteiger partial charge in [0.1, 0.15) is 0 Å². The Balaban J connectivity index is 0.000000383. The van der Waals surface area contributed by atoms with E-state index in [4.69, 9.17) is 0 Å². The molecule has 0 amide bonds. The zero-order chi connectivity index (χ0) is 41.8. The Morgan fingerprint density at radius 2 is 1.00 bits per heavy atom. The minimum Gasteiger partial charge on any atom is -0.310 e. The van der Waals surface area contributed by atoms with E-state index in [1.165, 1.54) is 84.6 Å².